The standard InChI is InChI=1S/C16H25NO/c1-12(2)18-14-8-6-13(7-9-14)15(17)16(3)10-4-5-11-16/h6-9,12,15H,4-5,10-11,17H2,1-3H3. The predicted octanol–water partition coefficient (Wildman–Crippen LogP) is 4.05. The van der Waals surface area contributed by atoms with Crippen LogP contribution in [0.4, 0.5) is 0 Å². The van der Waals surface area contributed by atoms with Crippen LogP contribution in [0.25, 0.3) is 0 Å². The van der Waals surface area contributed by atoms with Gasteiger partial charge in [0, 0.05) is 6.04 Å². The van der Waals surface area contributed by atoms with Gasteiger partial charge in [-0.15, -0.1) is 0 Å². The molecule has 1 aliphatic rings. The topological polar surface area (TPSA) is 35.2 Å². The normalized spacial score (nSPS) is 20.1. The van der Waals surface area contributed by atoms with Crippen LogP contribution >= 0.6 is 0 Å². The lowest BCUT2D eigenvalue weighted by atomic mass is 9.78. The Morgan fingerprint density at radius 2 is 1.67 bits per heavy atom. The van der Waals surface area contributed by atoms with Gasteiger partial charge < -0.3 is 10.5 Å². The average Bonchev–Trinajstić information content (AvgIpc) is 2.77. The Morgan fingerprint density at radius 3 is 2.17 bits per heavy atom. The lowest BCUT2D eigenvalue weighted by molar-refractivity contribution is 0.241. The van der Waals surface area contributed by atoms with E-state index in [1.165, 1.54) is 31.2 Å². The van der Waals surface area contributed by atoms with Crippen molar-refractivity contribution < 1.29 is 4.74 Å². The van der Waals surface area contributed by atoms with Crippen molar-refractivity contribution in [3.05, 3.63) is 29.8 Å². The summed E-state index contributed by atoms with van der Waals surface area (Å²) >= 11 is 0. The fourth-order valence-electron chi connectivity index (χ4n) is 2.92. The van der Waals surface area contributed by atoms with Crippen LogP contribution in [0.2, 0.25) is 0 Å². The van der Waals surface area contributed by atoms with E-state index in [1.807, 2.05) is 26.0 Å². The smallest absolute Gasteiger partial charge is 0.119 e. The van der Waals surface area contributed by atoms with E-state index in [9.17, 15) is 0 Å². The molecule has 100 valence electrons. The van der Waals surface area contributed by atoms with Crippen molar-refractivity contribution in [2.75, 3.05) is 0 Å². The summed E-state index contributed by atoms with van der Waals surface area (Å²) in [6.07, 6.45) is 5.35. The molecule has 1 unspecified atom stereocenters. The minimum Gasteiger partial charge on any atom is -0.491 e. The van der Waals surface area contributed by atoms with Crippen LogP contribution in [0.5, 0.6) is 5.75 Å². The average molecular weight is 247 g/mol. The molecule has 0 radical (unpaired) electrons. The third-order valence-electron chi connectivity index (χ3n) is 4.11. The van der Waals surface area contributed by atoms with Gasteiger partial charge in [-0.1, -0.05) is 31.9 Å². The molecule has 1 aliphatic carbocycles. The molecule has 0 aliphatic heterocycles. The number of rotatable bonds is 4. The highest BCUT2D eigenvalue weighted by Crippen LogP contribution is 2.46. The predicted molar refractivity (Wildman–Crippen MR) is 75.7 cm³/mol. The molecule has 0 amide bonds. The maximum atomic E-state index is 6.45. The summed E-state index contributed by atoms with van der Waals surface area (Å²) in [5, 5.41) is 0. The van der Waals surface area contributed by atoms with Crippen LogP contribution in [0, 0.1) is 5.41 Å². The molecule has 0 heterocycles. The SMILES string of the molecule is CC(C)Oc1ccc(C(N)C2(C)CCCC2)cc1. The van der Waals surface area contributed by atoms with E-state index in [1.54, 1.807) is 0 Å². The Bertz CT molecular complexity index is 377. The number of benzene rings is 1. The first-order valence-corrected chi connectivity index (χ1v) is 7.03. The molecule has 2 nitrogen and oxygen atoms in total. The third-order valence-corrected chi connectivity index (χ3v) is 4.11. The zero-order chi connectivity index (χ0) is 13.2. The van der Waals surface area contributed by atoms with Crippen LogP contribution in [-0.4, -0.2) is 6.10 Å². The van der Waals surface area contributed by atoms with Gasteiger partial charge in [-0.25, -0.2) is 0 Å². The molecule has 1 fully saturated rings. The maximum Gasteiger partial charge on any atom is 0.119 e. The van der Waals surface area contributed by atoms with Gasteiger partial charge in [0.15, 0.2) is 0 Å². The lowest BCUT2D eigenvalue weighted by Crippen LogP contribution is -2.29. The van der Waals surface area contributed by atoms with E-state index in [2.05, 4.69) is 19.1 Å². The second kappa shape index (κ2) is 5.31. The highest BCUT2D eigenvalue weighted by molar-refractivity contribution is 5.30. The molecule has 1 atom stereocenters. The Labute approximate surface area is 111 Å². The van der Waals surface area contributed by atoms with E-state index in [-0.39, 0.29) is 17.6 Å². The van der Waals surface area contributed by atoms with E-state index in [0.717, 1.165) is 5.75 Å². The largest absolute Gasteiger partial charge is 0.491 e. The molecule has 0 spiro atoms. The second-order valence-corrected chi connectivity index (χ2v) is 6.07. The molecule has 0 saturated heterocycles. The quantitative estimate of drug-likeness (QED) is 0.871. The zero-order valence-electron chi connectivity index (χ0n) is 11.8. The van der Waals surface area contributed by atoms with Crippen LogP contribution in [0.3, 0.4) is 0 Å². The second-order valence-electron chi connectivity index (χ2n) is 6.07. The van der Waals surface area contributed by atoms with Gasteiger partial charge in [0.2, 0.25) is 0 Å². The van der Waals surface area contributed by atoms with Crippen molar-refractivity contribution in [3.63, 3.8) is 0 Å². The molecule has 2 N–H and O–H groups in total. The molecule has 1 saturated carbocycles. The van der Waals surface area contributed by atoms with Gasteiger partial charge in [0.25, 0.3) is 0 Å². The van der Waals surface area contributed by atoms with Gasteiger partial charge in [0.1, 0.15) is 5.75 Å². The fourth-order valence-corrected chi connectivity index (χ4v) is 2.92. The molecule has 1 aromatic carbocycles. The zero-order valence-corrected chi connectivity index (χ0v) is 11.8. The Hall–Kier alpha value is -1.02. The highest BCUT2D eigenvalue weighted by atomic mass is 16.5. The maximum absolute atomic E-state index is 6.45. The van der Waals surface area contributed by atoms with Crippen LogP contribution in [-0.2, 0) is 0 Å². The van der Waals surface area contributed by atoms with Crippen molar-refractivity contribution in [3.8, 4) is 5.75 Å². The Morgan fingerprint density at radius 1 is 1.11 bits per heavy atom. The first kappa shape index (κ1) is 13.4. The molecule has 1 aromatic rings. The van der Waals surface area contributed by atoms with Gasteiger partial charge in [0.05, 0.1) is 6.10 Å². The molecule has 0 aromatic heterocycles. The monoisotopic (exact) mass is 247 g/mol. The van der Waals surface area contributed by atoms with Crippen LogP contribution in [0.1, 0.15) is 58.1 Å². The molecule has 0 bridgehead atoms. The molecule has 2 heteroatoms. The number of hydrogen-bond donors (Lipinski definition) is 1. The van der Waals surface area contributed by atoms with Crippen LogP contribution < -0.4 is 10.5 Å². The van der Waals surface area contributed by atoms with Crippen molar-refractivity contribution in [1.82, 2.24) is 0 Å². The molecular formula is C16H25NO. The van der Waals surface area contributed by atoms with Crippen molar-refractivity contribution in [2.45, 2.75) is 58.6 Å². The van der Waals surface area contributed by atoms with Crippen molar-refractivity contribution >= 4 is 0 Å². The minimum atomic E-state index is 0.146. The Balaban J connectivity index is 2.09. The summed E-state index contributed by atoms with van der Waals surface area (Å²) < 4.78 is 5.66. The van der Waals surface area contributed by atoms with Crippen molar-refractivity contribution in [1.29, 1.82) is 0 Å². The van der Waals surface area contributed by atoms with E-state index in [0.29, 0.717) is 0 Å². The number of nitrogens with two attached hydrogens (primary N) is 1. The molecular weight excluding hydrogens is 222 g/mol. The molecule has 2 rings (SSSR count). The van der Waals surface area contributed by atoms with Gasteiger partial charge in [-0.3, -0.25) is 0 Å². The Kier molecular flexibility index (Phi) is 3.96. The first-order chi connectivity index (χ1) is 8.51. The van der Waals surface area contributed by atoms with Gasteiger partial charge in [-0.05, 0) is 49.8 Å². The summed E-state index contributed by atoms with van der Waals surface area (Å²) in [6, 6.07) is 8.45. The summed E-state index contributed by atoms with van der Waals surface area (Å²) in [7, 11) is 0. The summed E-state index contributed by atoms with van der Waals surface area (Å²) in [5.41, 5.74) is 7.96. The summed E-state index contributed by atoms with van der Waals surface area (Å²) in [4.78, 5) is 0. The summed E-state index contributed by atoms with van der Waals surface area (Å²) in [5.74, 6) is 0.928. The van der Waals surface area contributed by atoms with E-state index >= 15 is 0 Å². The first-order valence-electron chi connectivity index (χ1n) is 7.03. The third kappa shape index (κ3) is 2.86. The van der Waals surface area contributed by atoms with E-state index in [4.69, 9.17) is 10.5 Å². The van der Waals surface area contributed by atoms with Crippen molar-refractivity contribution in [2.24, 2.45) is 11.1 Å². The number of hydrogen-bond acceptors (Lipinski definition) is 2. The van der Waals surface area contributed by atoms with Crippen LogP contribution in [0.15, 0.2) is 24.3 Å². The van der Waals surface area contributed by atoms with Gasteiger partial charge in [-0.2, -0.15) is 0 Å². The van der Waals surface area contributed by atoms with Gasteiger partial charge >= 0.3 is 0 Å². The van der Waals surface area contributed by atoms with E-state index < -0.39 is 0 Å². The minimum absolute atomic E-state index is 0.146. The lowest BCUT2D eigenvalue weighted by Gasteiger charge is -2.31. The number of ether oxygens (including phenoxy) is 1. The highest BCUT2D eigenvalue weighted by Gasteiger charge is 2.35. The fraction of sp³-hybridized carbons (Fsp3) is 0.625. The summed E-state index contributed by atoms with van der Waals surface area (Å²) in [6.45, 7) is 6.40. The molecule has 18 heavy (non-hydrogen) atoms.